The molecule has 4 rings (SSSR count). The molecule has 0 spiro atoms. The molecule has 0 aliphatic carbocycles. The molecule has 2 atom stereocenters. The molecule has 170 valence electrons. The molecule has 0 unspecified atom stereocenters. The second kappa shape index (κ2) is 11.0. The first-order valence-electron chi connectivity index (χ1n) is 12.1. The van der Waals surface area contributed by atoms with Gasteiger partial charge in [0.25, 0.3) is 0 Å². The van der Waals surface area contributed by atoms with E-state index in [9.17, 15) is 0 Å². The minimum absolute atomic E-state index is 0.214. The van der Waals surface area contributed by atoms with E-state index in [-0.39, 0.29) is 11.8 Å². The predicted octanol–water partition coefficient (Wildman–Crippen LogP) is 9.21. The van der Waals surface area contributed by atoms with Crippen LogP contribution in [0.1, 0.15) is 56.3 Å². The van der Waals surface area contributed by atoms with Gasteiger partial charge < -0.3 is 0 Å². The normalized spacial score (nSPS) is 13.4. The number of hydrogen-bond acceptors (Lipinski definition) is 0. The highest BCUT2D eigenvalue weighted by Gasteiger charge is 2.21. The Balaban J connectivity index is 1.78. The van der Waals surface area contributed by atoms with Crippen LogP contribution in [-0.4, -0.2) is 0 Å². The lowest BCUT2D eigenvalue weighted by Gasteiger charge is -2.24. The van der Waals surface area contributed by atoms with Crippen molar-refractivity contribution in [2.75, 3.05) is 0 Å². The van der Waals surface area contributed by atoms with Gasteiger partial charge in [-0.05, 0) is 49.9 Å². The second-order valence-corrected chi connectivity index (χ2v) is 9.41. The Morgan fingerprint density at radius 1 is 0.382 bits per heavy atom. The van der Waals surface area contributed by atoms with Crippen LogP contribution in [0.5, 0.6) is 0 Å². The Morgan fingerprint density at radius 3 is 0.941 bits per heavy atom. The van der Waals surface area contributed by atoms with Crippen molar-refractivity contribution in [1.82, 2.24) is 0 Å². The highest BCUT2D eigenvalue weighted by atomic mass is 14.2. The van der Waals surface area contributed by atoms with Gasteiger partial charge in [-0.15, -0.1) is 0 Å². The third-order valence-corrected chi connectivity index (χ3v) is 6.46. The minimum atomic E-state index is 0.214. The van der Waals surface area contributed by atoms with Crippen molar-refractivity contribution in [2.24, 2.45) is 0 Å². The summed E-state index contributed by atoms with van der Waals surface area (Å²) in [6, 6.07) is 35.5. The maximum atomic E-state index is 2.37. The molecule has 0 nitrogen and oxygen atoms in total. The number of benzene rings is 4. The SMILES string of the molecule is Cc1ccc(/C=C/[C@H](c2ccc(C)cc2)[C@@H](/C=C/c2ccc(C)cc2)c2ccc(C)cc2)cc1. The summed E-state index contributed by atoms with van der Waals surface area (Å²) in [6.07, 6.45) is 9.29. The fourth-order valence-electron chi connectivity index (χ4n) is 4.24. The third-order valence-electron chi connectivity index (χ3n) is 6.46. The summed E-state index contributed by atoms with van der Waals surface area (Å²) in [5, 5.41) is 0. The van der Waals surface area contributed by atoms with Crippen molar-refractivity contribution >= 4 is 12.2 Å². The van der Waals surface area contributed by atoms with E-state index in [1.165, 1.54) is 44.5 Å². The highest BCUT2D eigenvalue weighted by Crippen LogP contribution is 2.37. The largest absolute Gasteiger partial charge is 0.0755 e. The van der Waals surface area contributed by atoms with Crippen LogP contribution in [0.15, 0.2) is 109 Å². The van der Waals surface area contributed by atoms with E-state index in [0.717, 1.165) is 0 Å². The van der Waals surface area contributed by atoms with Crippen LogP contribution in [0.3, 0.4) is 0 Å². The average molecular weight is 443 g/mol. The van der Waals surface area contributed by atoms with Crippen LogP contribution in [0.4, 0.5) is 0 Å². The van der Waals surface area contributed by atoms with Gasteiger partial charge in [0.15, 0.2) is 0 Å². The molecule has 0 aliphatic rings. The summed E-state index contributed by atoms with van der Waals surface area (Å²) in [6.45, 7) is 8.56. The first-order chi connectivity index (χ1) is 16.5. The van der Waals surface area contributed by atoms with E-state index in [1.807, 2.05) is 0 Å². The highest BCUT2D eigenvalue weighted by molar-refractivity contribution is 5.56. The van der Waals surface area contributed by atoms with Crippen LogP contribution in [0.2, 0.25) is 0 Å². The molecule has 0 radical (unpaired) electrons. The third kappa shape index (κ3) is 6.23. The van der Waals surface area contributed by atoms with Crippen LogP contribution in [0, 0.1) is 27.7 Å². The van der Waals surface area contributed by atoms with Crippen molar-refractivity contribution in [3.05, 3.63) is 154 Å². The topological polar surface area (TPSA) is 0 Å². The lowest BCUT2D eigenvalue weighted by molar-refractivity contribution is 0.742. The summed E-state index contributed by atoms with van der Waals surface area (Å²) in [7, 11) is 0. The van der Waals surface area contributed by atoms with Crippen molar-refractivity contribution in [3.63, 3.8) is 0 Å². The fraction of sp³-hybridized carbons (Fsp3) is 0.176. The van der Waals surface area contributed by atoms with Crippen molar-refractivity contribution < 1.29 is 0 Å². The van der Waals surface area contributed by atoms with E-state index in [0.29, 0.717) is 0 Å². The molecule has 0 aliphatic heterocycles. The van der Waals surface area contributed by atoms with Crippen LogP contribution >= 0.6 is 0 Å². The number of aryl methyl sites for hydroxylation is 4. The van der Waals surface area contributed by atoms with Crippen molar-refractivity contribution in [3.8, 4) is 0 Å². The molecule has 34 heavy (non-hydrogen) atoms. The summed E-state index contributed by atoms with van der Waals surface area (Å²) in [5.74, 6) is 0.428. The van der Waals surface area contributed by atoms with Gasteiger partial charge in [0.1, 0.15) is 0 Å². The molecule has 0 heterocycles. The van der Waals surface area contributed by atoms with E-state index < -0.39 is 0 Å². The standard InChI is InChI=1S/C34H34/c1-25-5-13-29(14-6-25)17-23-33(31-19-9-27(3)10-20-31)34(32-21-11-28(4)12-22-32)24-18-30-15-7-26(2)8-16-30/h5-24,33-34H,1-4H3/b23-17+,24-18+/t33-,34+. The zero-order valence-electron chi connectivity index (χ0n) is 20.7. The number of rotatable bonds is 7. The van der Waals surface area contributed by atoms with Gasteiger partial charge >= 0.3 is 0 Å². The maximum absolute atomic E-state index is 2.37. The van der Waals surface area contributed by atoms with Crippen LogP contribution < -0.4 is 0 Å². The van der Waals surface area contributed by atoms with Gasteiger partial charge in [0, 0.05) is 11.8 Å². The van der Waals surface area contributed by atoms with Gasteiger partial charge in [-0.25, -0.2) is 0 Å². The first kappa shape index (κ1) is 23.5. The van der Waals surface area contributed by atoms with Crippen LogP contribution in [-0.2, 0) is 0 Å². The molecule has 4 aromatic carbocycles. The monoisotopic (exact) mass is 442 g/mol. The van der Waals surface area contributed by atoms with E-state index in [2.05, 4.69) is 149 Å². The predicted molar refractivity (Wildman–Crippen MR) is 148 cm³/mol. The van der Waals surface area contributed by atoms with Gasteiger partial charge in [0.05, 0.1) is 0 Å². The fourth-order valence-corrected chi connectivity index (χ4v) is 4.24. The quantitative estimate of drug-likeness (QED) is 0.267. The van der Waals surface area contributed by atoms with Crippen molar-refractivity contribution in [1.29, 1.82) is 0 Å². The van der Waals surface area contributed by atoms with Crippen LogP contribution in [0.25, 0.3) is 12.2 Å². The second-order valence-electron chi connectivity index (χ2n) is 9.41. The Labute approximate surface area is 205 Å². The summed E-state index contributed by atoms with van der Waals surface area (Å²) in [4.78, 5) is 0. The number of allylic oxidation sites excluding steroid dienone is 2. The molecule has 0 heteroatoms. The molecular formula is C34H34. The van der Waals surface area contributed by atoms with Gasteiger partial charge in [-0.2, -0.15) is 0 Å². The lowest BCUT2D eigenvalue weighted by atomic mass is 9.80. The summed E-state index contributed by atoms with van der Waals surface area (Å²) >= 11 is 0. The average Bonchev–Trinajstić information content (AvgIpc) is 2.85. The molecular weight excluding hydrogens is 408 g/mol. The van der Waals surface area contributed by atoms with E-state index in [1.54, 1.807) is 0 Å². The molecule has 0 amide bonds. The number of hydrogen-bond donors (Lipinski definition) is 0. The lowest BCUT2D eigenvalue weighted by Crippen LogP contribution is -2.08. The molecule has 0 N–H and O–H groups in total. The zero-order chi connectivity index (χ0) is 23.9. The Bertz CT molecular complexity index is 1130. The van der Waals surface area contributed by atoms with E-state index in [4.69, 9.17) is 0 Å². The Kier molecular flexibility index (Phi) is 7.60. The summed E-state index contributed by atoms with van der Waals surface area (Å²) < 4.78 is 0. The Morgan fingerprint density at radius 2 is 0.647 bits per heavy atom. The van der Waals surface area contributed by atoms with Crippen molar-refractivity contribution in [2.45, 2.75) is 39.5 Å². The van der Waals surface area contributed by atoms with Gasteiger partial charge in [0.2, 0.25) is 0 Å². The summed E-state index contributed by atoms with van der Waals surface area (Å²) in [5.41, 5.74) is 10.2. The zero-order valence-corrected chi connectivity index (χ0v) is 20.7. The molecule has 0 fully saturated rings. The minimum Gasteiger partial charge on any atom is -0.0755 e. The smallest absolute Gasteiger partial charge is 0.0125 e. The molecule has 0 saturated carbocycles. The van der Waals surface area contributed by atoms with Gasteiger partial charge in [-0.1, -0.05) is 144 Å². The molecule has 0 bridgehead atoms. The van der Waals surface area contributed by atoms with Gasteiger partial charge in [-0.3, -0.25) is 0 Å². The molecule has 0 aromatic heterocycles. The maximum Gasteiger partial charge on any atom is 0.0125 e. The van der Waals surface area contributed by atoms with E-state index >= 15 is 0 Å². The Hall–Kier alpha value is -3.64. The molecule has 0 saturated heterocycles. The first-order valence-corrected chi connectivity index (χ1v) is 12.1. The molecule has 4 aromatic rings.